The standard InChI is InChI=1S/C16H19BFNO3/c1-14(2)15(3,4)22-17(21-14)11-8-9(18)7-10-12(11)19-13(20)16(10)5-6-16/h7-8H,5-6H2,1-4H3,(H,19,20). The molecule has 1 aromatic carbocycles. The Morgan fingerprint density at radius 1 is 1.14 bits per heavy atom. The molecular formula is C16H19BFNO3. The predicted octanol–water partition coefficient (Wildman–Crippen LogP) is 2.11. The Kier molecular flexibility index (Phi) is 2.53. The third-order valence-electron chi connectivity index (χ3n) is 5.58. The number of hydrogen-bond donors (Lipinski definition) is 1. The smallest absolute Gasteiger partial charge is 0.399 e. The average Bonchev–Trinajstić information content (AvgIpc) is 3.10. The number of rotatable bonds is 1. The first-order valence-corrected chi connectivity index (χ1v) is 7.67. The van der Waals surface area contributed by atoms with E-state index in [2.05, 4.69) is 5.32 Å². The average molecular weight is 303 g/mol. The minimum atomic E-state index is -0.677. The van der Waals surface area contributed by atoms with Crippen molar-refractivity contribution in [2.45, 2.75) is 57.2 Å². The first-order valence-electron chi connectivity index (χ1n) is 7.67. The minimum Gasteiger partial charge on any atom is -0.399 e. The molecule has 116 valence electrons. The lowest BCUT2D eigenvalue weighted by atomic mass is 9.76. The van der Waals surface area contributed by atoms with Crippen LogP contribution >= 0.6 is 0 Å². The van der Waals surface area contributed by atoms with Crippen LogP contribution < -0.4 is 10.8 Å². The lowest BCUT2D eigenvalue weighted by molar-refractivity contribution is -0.117. The summed E-state index contributed by atoms with van der Waals surface area (Å²) in [7, 11) is -0.677. The molecule has 0 radical (unpaired) electrons. The van der Waals surface area contributed by atoms with E-state index in [1.807, 2.05) is 27.7 Å². The van der Waals surface area contributed by atoms with Gasteiger partial charge in [-0.25, -0.2) is 4.39 Å². The fourth-order valence-electron chi connectivity index (χ4n) is 3.28. The maximum atomic E-state index is 14.1. The molecule has 1 saturated heterocycles. The van der Waals surface area contributed by atoms with E-state index >= 15 is 0 Å². The number of anilines is 1. The van der Waals surface area contributed by atoms with Crippen molar-refractivity contribution in [3.05, 3.63) is 23.5 Å². The van der Waals surface area contributed by atoms with Crippen molar-refractivity contribution < 1.29 is 18.5 Å². The van der Waals surface area contributed by atoms with Crippen molar-refractivity contribution in [1.82, 2.24) is 0 Å². The summed E-state index contributed by atoms with van der Waals surface area (Å²) in [5.41, 5.74) is 0.471. The van der Waals surface area contributed by atoms with Crippen LogP contribution in [0.25, 0.3) is 0 Å². The Morgan fingerprint density at radius 3 is 2.27 bits per heavy atom. The van der Waals surface area contributed by atoms with Crippen molar-refractivity contribution in [1.29, 1.82) is 0 Å². The number of carbonyl (C=O) groups excluding carboxylic acids is 1. The highest BCUT2D eigenvalue weighted by Crippen LogP contribution is 2.55. The van der Waals surface area contributed by atoms with E-state index in [4.69, 9.17) is 9.31 Å². The van der Waals surface area contributed by atoms with Gasteiger partial charge in [0.15, 0.2) is 0 Å². The van der Waals surface area contributed by atoms with Gasteiger partial charge in [-0.2, -0.15) is 0 Å². The van der Waals surface area contributed by atoms with Gasteiger partial charge in [-0.15, -0.1) is 0 Å². The second kappa shape index (κ2) is 3.92. The zero-order chi connectivity index (χ0) is 15.9. The van der Waals surface area contributed by atoms with Gasteiger partial charge in [0.05, 0.1) is 16.6 Å². The lowest BCUT2D eigenvalue weighted by Gasteiger charge is -2.32. The van der Waals surface area contributed by atoms with Crippen LogP contribution in [0.4, 0.5) is 10.1 Å². The van der Waals surface area contributed by atoms with Gasteiger partial charge in [0.1, 0.15) is 5.82 Å². The molecule has 22 heavy (non-hydrogen) atoms. The molecule has 0 aromatic heterocycles. The lowest BCUT2D eigenvalue weighted by Crippen LogP contribution is -2.41. The maximum absolute atomic E-state index is 14.1. The molecule has 6 heteroatoms. The van der Waals surface area contributed by atoms with E-state index in [1.165, 1.54) is 12.1 Å². The molecule has 1 amide bonds. The number of halogens is 1. The van der Waals surface area contributed by atoms with Gasteiger partial charge in [-0.3, -0.25) is 4.79 Å². The van der Waals surface area contributed by atoms with Crippen LogP contribution in [0.1, 0.15) is 46.1 Å². The van der Waals surface area contributed by atoms with Gasteiger partial charge >= 0.3 is 7.12 Å². The van der Waals surface area contributed by atoms with Gasteiger partial charge in [0.2, 0.25) is 5.91 Å². The summed E-state index contributed by atoms with van der Waals surface area (Å²) in [5.74, 6) is -0.392. The Morgan fingerprint density at radius 2 is 1.73 bits per heavy atom. The first kappa shape index (κ1) is 14.2. The van der Waals surface area contributed by atoms with E-state index in [9.17, 15) is 9.18 Å². The number of hydrogen-bond acceptors (Lipinski definition) is 3. The fraction of sp³-hybridized carbons (Fsp3) is 0.562. The highest BCUT2D eigenvalue weighted by atomic mass is 19.1. The molecule has 2 fully saturated rings. The van der Waals surface area contributed by atoms with Crippen molar-refractivity contribution in [3.63, 3.8) is 0 Å². The molecule has 1 saturated carbocycles. The molecule has 2 heterocycles. The third-order valence-corrected chi connectivity index (χ3v) is 5.58. The molecule has 4 nitrogen and oxygen atoms in total. The molecule has 1 N–H and O–H groups in total. The van der Waals surface area contributed by atoms with Gasteiger partial charge in [0, 0.05) is 11.2 Å². The van der Waals surface area contributed by atoms with Crippen LogP contribution in [0.3, 0.4) is 0 Å². The van der Waals surface area contributed by atoms with E-state index < -0.39 is 23.7 Å². The third kappa shape index (κ3) is 1.68. The summed E-state index contributed by atoms with van der Waals surface area (Å²) in [6, 6.07) is 2.87. The van der Waals surface area contributed by atoms with E-state index in [0.717, 1.165) is 18.4 Å². The summed E-state index contributed by atoms with van der Waals surface area (Å²) in [6.07, 6.45) is 1.55. The van der Waals surface area contributed by atoms with Crippen molar-refractivity contribution in [3.8, 4) is 0 Å². The molecule has 4 rings (SSSR count). The Labute approximate surface area is 129 Å². The van der Waals surface area contributed by atoms with Gasteiger partial charge in [0.25, 0.3) is 0 Å². The van der Waals surface area contributed by atoms with Gasteiger partial charge < -0.3 is 14.6 Å². The molecule has 1 aliphatic carbocycles. The normalized spacial score (nSPS) is 26.2. The largest absolute Gasteiger partial charge is 0.497 e. The monoisotopic (exact) mass is 303 g/mol. The SMILES string of the molecule is CC1(C)OB(c2cc(F)cc3c2NC(=O)C32CC2)OC1(C)C. The van der Waals surface area contributed by atoms with Crippen LogP contribution in [-0.2, 0) is 19.5 Å². The van der Waals surface area contributed by atoms with Crippen molar-refractivity contribution in [2.75, 3.05) is 5.32 Å². The molecule has 0 bridgehead atoms. The van der Waals surface area contributed by atoms with Crippen molar-refractivity contribution >= 4 is 24.2 Å². The number of nitrogens with one attached hydrogen (secondary N) is 1. The fourth-order valence-corrected chi connectivity index (χ4v) is 3.28. The maximum Gasteiger partial charge on any atom is 0.497 e. The highest BCUT2D eigenvalue weighted by molar-refractivity contribution is 6.64. The number of carbonyl (C=O) groups is 1. The van der Waals surface area contributed by atoms with Crippen LogP contribution in [0.2, 0.25) is 0 Å². The molecule has 3 aliphatic rings. The molecular weight excluding hydrogens is 284 g/mol. The minimum absolute atomic E-state index is 0.0362. The van der Waals surface area contributed by atoms with Gasteiger partial charge in [-0.05, 0) is 58.2 Å². The molecule has 2 aliphatic heterocycles. The quantitative estimate of drug-likeness (QED) is 0.808. The second-order valence-corrected chi connectivity index (χ2v) is 7.54. The second-order valence-electron chi connectivity index (χ2n) is 7.54. The molecule has 1 spiro atoms. The topological polar surface area (TPSA) is 47.6 Å². The summed E-state index contributed by atoms with van der Waals surface area (Å²) < 4.78 is 26.1. The van der Waals surface area contributed by atoms with Gasteiger partial charge in [-0.1, -0.05) is 0 Å². The van der Waals surface area contributed by atoms with Crippen molar-refractivity contribution in [2.24, 2.45) is 0 Å². The number of amides is 1. The van der Waals surface area contributed by atoms with Crippen LogP contribution in [0.5, 0.6) is 0 Å². The van der Waals surface area contributed by atoms with E-state index in [-0.39, 0.29) is 11.7 Å². The molecule has 1 aromatic rings. The summed E-state index contributed by atoms with van der Waals surface area (Å²) in [5, 5.41) is 2.91. The summed E-state index contributed by atoms with van der Waals surface area (Å²) in [4.78, 5) is 12.2. The van der Waals surface area contributed by atoms with E-state index in [1.54, 1.807) is 0 Å². The van der Waals surface area contributed by atoms with Crippen LogP contribution in [0.15, 0.2) is 12.1 Å². The zero-order valence-corrected chi connectivity index (χ0v) is 13.2. The van der Waals surface area contributed by atoms with E-state index in [0.29, 0.717) is 11.2 Å². The molecule has 0 unspecified atom stereocenters. The highest BCUT2D eigenvalue weighted by Gasteiger charge is 2.59. The Bertz CT molecular complexity index is 681. The first-order chi connectivity index (χ1) is 10.2. The Hall–Kier alpha value is -1.40. The summed E-state index contributed by atoms with van der Waals surface area (Å²) in [6.45, 7) is 7.81. The zero-order valence-electron chi connectivity index (χ0n) is 13.2. The predicted molar refractivity (Wildman–Crippen MR) is 81.7 cm³/mol. The van der Waals surface area contributed by atoms with Crippen LogP contribution in [-0.4, -0.2) is 24.2 Å². The number of fused-ring (bicyclic) bond motifs is 2. The van der Waals surface area contributed by atoms with Crippen LogP contribution in [0, 0.1) is 5.82 Å². The Balaban J connectivity index is 1.81. The summed E-state index contributed by atoms with van der Waals surface area (Å²) >= 11 is 0. The molecule has 0 atom stereocenters. The number of benzene rings is 1.